The molecule has 0 atom stereocenters. The lowest BCUT2D eigenvalue weighted by molar-refractivity contribution is 0.415. The van der Waals surface area contributed by atoms with E-state index in [0.717, 1.165) is 17.0 Å². The monoisotopic (exact) mass is 286 g/mol. The van der Waals surface area contributed by atoms with Crippen LogP contribution in [0.4, 0.5) is 11.5 Å². The molecule has 2 aromatic rings. The Hall–Kier alpha value is -2.26. The third-order valence-corrected chi connectivity index (χ3v) is 2.94. The van der Waals surface area contributed by atoms with Gasteiger partial charge in [0.2, 0.25) is 0 Å². The van der Waals surface area contributed by atoms with Crippen molar-refractivity contribution in [1.29, 1.82) is 0 Å². The number of halogens is 1. The first-order valence-electron chi connectivity index (χ1n) is 6.03. The third-order valence-electron chi connectivity index (χ3n) is 2.77. The van der Waals surface area contributed by atoms with Gasteiger partial charge in [-0.25, -0.2) is 4.98 Å². The number of methoxy groups -OCH3 is 1. The maximum absolute atomic E-state index is 5.95. The lowest BCUT2D eigenvalue weighted by Gasteiger charge is -2.10. The van der Waals surface area contributed by atoms with Gasteiger partial charge in [0.1, 0.15) is 11.6 Å². The second-order valence-electron chi connectivity index (χ2n) is 4.10. The Labute approximate surface area is 123 Å². The van der Waals surface area contributed by atoms with Crippen LogP contribution < -0.4 is 10.1 Å². The first-order valence-corrected chi connectivity index (χ1v) is 6.41. The fraction of sp³-hybridized carbons (Fsp3) is 0.0625. The van der Waals surface area contributed by atoms with E-state index in [2.05, 4.69) is 23.5 Å². The van der Waals surface area contributed by atoms with E-state index in [1.54, 1.807) is 13.2 Å². The van der Waals surface area contributed by atoms with Crippen LogP contribution in [0.3, 0.4) is 0 Å². The Morgan fingerprint density at radius 3 is 2.50 bits per heavy atom. The molecule has 1 aromatic heterocycles. The van der Waals surface area contributed by atoms with Gasteiger partial charge >= 0.3 is 0 Å². The fourth-order valence-electron chi connectivity index (χ4n) is 1.74. The second kappa shape index (κ2) is 6.26. The van der Waals surface area contributed by atoms with Gasteiger partial charge in [-0.1, -0.05) is 30.8 Å². The van der Waals surface area contributed by atoms with Crippen molar-refractivity contribution in [3.63, 3.8) is 0 Å². The summed E-state index contributed by atoms with van der Waals surface area (Å²) in [5, 5.41) is 3.59. The van der Waals surface area contributed by atoms with Crippen molar-refractivity contribution in [2.45, 2.75) is 0 Å². The lowest BCUT2D eigenvalue weighted by Crippen LogP contribution is -1.97. The average molecular weight is 287 g/mol. The van der Waals surface area contributed by atoms with Gasteiger partial charge in [-0.3, -0.25) is 0 Å². The van der Waals surface area contributed by atoms with E-state index in [1.807, 2.05) is 36.4 Å². The zero-order valence-electron chi connectivity index (χ0n) is 11.2. The second-order valence-corrected chi connectivity index (χ2v) is 4.55. The minimum absolute atomic E-state index is 0.387. The molecule has 102 valence electrons. The van der Waals surface area contributed by atoms with Crippen molar-refractivity contribution >= 4 is 34.2 Å². The molecule has 0 fully saturated rings. The number of hydrogen-bond donors (Lipinski definition) is 1. The summed E-state index contributed by atoms with van der Waals surface area (Å²) in [7, 11) is 1.64. The molecule has 0 amide bonds. The lowest BCUT2D eigenvalue weighted by atomic mass is 10.2. The van der Waals surface area contributed by atoms with Crippen LogP contribution in [0.25, 0.3) is 11.1 Å². The van der Waals surface area contributed by atoms with Crippen LogP contribution in [-0.2, 0) is 0 Å². The smallest absolute Gasteiger partial charge is 0.131 e. The van der Waals surface area contributed by atoms with E-state index in [0.29, 0.717) is 16.5 Å². The maximum atomic E-state index is 5.95. The largest absolute Gasteiger partial charge is 0.497 e. The van der Waals surface area contributed by atoms with Crippen molar-refractivity contribution in [2.24, 2.45) is 0 Å². The highest BCUT2D eigenvalue weighted by molar-refractivity contribution is 6.48. The van der Waals surface area contributed by atoms with E-state index in [-0.39, 0.29) is 0 Å². The Morgan fingerprint density at radius 2 is 1.95 bits per heavy atom. The summed E-state index contributed by atoms with van der Waals surface area (Å²) in [5.74, 6) is 1.50. The number of nitrogens with one attached hydrogen (secondary N) is 1. The number of benzene rings is 1. The highest BCUT2D eigenvalue weighted by Crippen LogP contribution is 2.24. The molecule has 0 aliphatic rings. The quantitative estimate of drug-likeness (QED) is 0.866. The first kappa shape index (κ1) is 14.2. The van der Waals surface area contributed by atoms with Gasteiger partial charge in [0.05, 0.1) is 17.8 Å². The zero-order chi connectivity index (χ0) is 14.5. The zero-order valence-corrected chi connectivity index (χ0v) is 11.9. The van der Waals surface area contributed by atoms with E-state index < -0.39 is 0 Å². The molecule has 0 spiro atoms. The molecule has 20 heavy (non-hydrogen) atoms. The first-order chi connectivity index (χ1) is 9.63. The van der Waals surface area contributed by atoms with E-state index >= 15 is 0 Å². The summed E-state index contributed by atoms with van der Waals surface area (Å²) < 4.78 is 5.12. The molecule has 0 saturated carbocycles. The van der Waals surface area contributed by atoms with Crippen LogP contribution in [0, 0.1) is 0 Å². The highest BCUT2D eigenvalue weighted by Gasteiger charge is 2.06. The fourth-order valence-corrected chi connectivity index (χ4v) is 1.90. The third kappa shape index (κ3) is 3.19. The predicted octanol–water partition coefficient (Wildman–Crippen LogP) is 4.69. The molecule has 3 nitrogen and oxygen atoms in total. The van der Waals surface area contributed by atoms with Crippen molar-refractivity contribution in [3.8, 4) is 5.75 Å². The molecule has 0 radical (unpaired) electrons. The Kier molecular flexibility index (Phi) is 4.43. The number of rotatable bonds is 5. The van der Waals surface area contributed by atoms with Crippen molar-refractivity contribution < 1.29 is 4.74 Å². The number of nitrogens with zero attached hydrogens (tertiary/aromatic N) is 1. The molecule has 0 aliphatic carbocycles. The van der Waals surface area contributed by atoms with E-state index in [1.165, 1.54) is 0 Å². The summed E-state index contributed by atoms with van der Waals surface area (Å²) in [4.78, 5) is 4.44. The van der Waals surface area contributed by atoms with Gasteiger partial charge in [-0.15, -0.1) is 0 Å². The number of aromatic nitrogens is 1. The minimum atomic E-state index is 0.387. The van der Waals surface area contributed by atoms with E-state index in [4.69, 9.17) is 16.3 Å². The molecule has 0 aliphatic heterocycles. The van der Waals surface area contributed by atoms with E-state index in [9.17, 15) is 0 Å². The van der Waals surface area contributed by atoms with Gasteiger partial charge in [0.25, 0.3) is 0 Å². The Bertz CT molecular complexity index is 635. The standard InChI is InChI=1S/C16H15ClN2O/c1-4-12-5-10-15(19-16(12)11(2)17)18-13-6-8-14(20-3)9-7-13/h4-10H,1-2H2,3H3,(H,18,19). The number of pyridine rings is 1. The SMILES string of the molecule is C=Cc1ccc(Nc2ccc(OC)cc2)nc1C(=C)Cl. The summed E-state index contributed by atoms with van der Waals surface area (Å²) >= 11 is 5.95. The molecule has 0 bridgehead atoms. The number of hydrogen-bond acceptors (Lipinski definition) is 3. The van der Waals surface area contributed by atoms with Gasteiger partial charge in [0.15, 0.2) is 0 Å². The Balaban J connectivity index is 2.26. The van der Waals surface area contributed by atoms with Crippen molar-refractivity contribution in [3.05, 3.63) is 60.8 Å². The normalized spacial score (nSPS) is 9.90. The van der Waals surface area contributed by atoms with Crippen LogP contribution in [-0.4, -0.2) is 12.1 Å². The topological polar surface area (TPSA) is 34.1 Å². The molecule has 4 heteroatoms. The van der Waals surface area contributed by atoms with Crippen molar-refractivity contribution in [2.75, 3.05) is 12.4 Å². The average Bonchev–Trinajstić information content (AvgIpc) is 2.48. The molecule has 1 aromatic carbocycles. The summed E-state index contributed by atoms with van der Waals surface area (Å²) in [6.45, 7) is 7.45. The molecule has 0 unspecified atom stereocenters. The van der Waals surface area contributed by atoms with Gasteiger partial charge in [-0.05, 0) is 36.4 Å². The molecular formula is C16H15ClN2O. The molecule has 1 heterocycles. The van der Waals surface area contributed by atoms with Crippen LogP contribution in [0.5, 0.6) is 5.75 Å². The highest BCUT2D eigenvalue weighted by atomic mass is 35.5. The maximum Gasteiger partial charge on any atom is 0.131 e. The van der Waals surface area contributed by atoms with Gasteiger partial charge in [0, 0.05) is 11.3 Å². The summed E-state index contributed by atoms with van der Waals surface area (Å²) in [6, 6.07) is 11.3. The van der Waals surface area contributed by atoms with Crippen LogP contribution in [0.2, 0.25) is 0 Å². The summed E-state index contributed by atoms with van der Waals surface area (Å²) in [6.07, 6.45) is 1.70. The van der Waals surface area contributed by atoms with Gasteiger partial charge < -0.3 is 10.1 Å². The Morgan fingerprint density at radius 1 is 1.25 bits per heavy atom. The van der Waals surface area contributed by atoms with Gasteiger partial charge in [-0.2, -0.15) is 0 Å². The molecule has 2 rings (SSSR count). The number of anilines is 2. The van der Waals surface area contributed by atoms with Crippen molar-refractivity contribution in [1.82, 2.24) is 4.98 Å². The summed E-state index contributed by atoms with van der Waals surface area (Å²) in [5.41, 5.74) is 2.39. The van der Waals surface area contributed by atoms with Crippen LogP contribution in [0.15, 0.2) is 49.6 Å². The predicted molar refractivity (Wildman–Crippen MR) is 85.5 cm³/mol. The van der Waals surface area contributed by atoms with Crippen LogP contribution in [0.1, 0.15) is 11.3 Å². The molecule has 0 saturated heterocycles. The minimum Gasteiger partial charge on any atom is -0.497 e. The van der Waals surface area contributed by atoms with Crippen LogP contribution >= 0.6 is 11.6 Å². The number of ether oxygens (including phenoxy) is 1. The molecular weight excluding hydrogens is 272 g/mol. The molecule has 1 N–H and O–H groups in total.